The van der Waals surface area contributed by atoms with E-state index in [0.29, 0.717) is 12.1 Å². The first-order valence-electron chi connectivity index (χ1n) is 5.38. The lowest BCUT2D eigenvalue weighted by molar-refractivity contribution is -0.386. The number of hydrogen-bond acceptors (Lipinski definition) is 5. The van der Waals surface area contributed by atoms with Gasteiger partial charge < -0.3 is 4.74 Å². The Labute approximate surface area is 103 Å². The van der Waals surface area contributed by atoms with E-state index in [1.807, 2.05) is 0 Å². The number of nitro groups is 1. The third-order valence-electron chi connectivity index (χ3n) is 2.67. The van der Waals surface area contributed by atoms with Gasteiger partial charge in [-0.15, -0.1) is 0 Å². The number of carbonyl (C=O) groups excluding carboxylic acids is 1. The minimum Gasteiger partial charge on any atom is -0.467 e. The Hall–Kier alpha value is -2.18. The van der Waals surface area contributed by atoms with Crippen LogP contribution in [0.3, 0.4) is 0 Å². The Morgan fingerprint density at radius 3 is 2.61 bits per heavy atom. The van der Waals surface area contributed by atoms with E-state index in [4.69, 9.17) is 0 Å². The normalized spacial score (nSPS) is 11.9. The molecule has 0 amide bonds. The smallest absolute Gasteiger partial charge is 0.334 e. The van der Waals surface area contributed by atoms with E-state index >= 15 is 0 Å². The molecule has 0 radical (unpaired) electrons. The van der Waals surface area contributed by atoms with Gasteiger partial charge in [0.2, 0.25) is 0 Å². The summed E-state index contributed by atoms with van der Waals surface area (Å²) in [5.41, 5.74) is -0.872. The predicted molar refractivity (Wildman–Crippen MR) is 63.4 cm³/mol. The maximum absolute atomic E-state index is 12.0. The highest BCUT2D eigenvalue weighted by Gasteiger charge is 2.25. The highest BCUT2D eigenvalue weighted by Crippen LogP contribution is 2.16. The summed E-state index contributed by atoms with van der Waals surface area (Å²) in [6, 6.07) is 1.73. The molecular formula is C11H14N2O5. The number of aryl methyl sites for hydroxylation is 1. The van der Waals surface area contributed by atoms with Gasteiger partial charge in [-0.2, -0.15) is 0 Å². The summed E-state index contributed by atoms with van der Waals surface area (Å²) in [5.74, 6) is -0.594. The van der Waals surface area contributed by atoms with Crippen LogP contribution in [-0.4, -0.2) is 22.6 Å². The summed E-state index contributed by atoms with van der Waals surface area (Å²) in [5, 5.41) is 10.7. The molecule has 7 nitrogen and oxygen atoms in total. The molecule has 0 aromatic carbocycles. The third kappa shape index (κ3) is 2.39. The lowest BCUT2D eigenvalue weighted by atomic mass is 10.2. The molecule has 0 fully saturated rings. The van der Waals surface area contributed by atoms with Crippen molar-refractivity contribution in [2.24, 2.45) is 0 Å². The van der Waals surface area contributed by atoms with E-state index in [2.05, 4.69) is 4.74 Å². The Balaban J connectivity index is 3.47. The molecule has 7 heteroatoms. The summed E-state index contributed by atoms with van der Waals surface area (Å²) < 4.78 is 5.70. The third-order valence-corrected chi connectivity index (χ3v) is 2.67. The first kappa shape index (κ1) is 13.9. The predicted octanol–water partition coefficient (Wildman–Crippen LogP) is 1.19. The summed E-state index contributed by atoms with van der Waals surface area (Å²) >= 11 is 0. The van der Waals surface area contributed by atoms with Crippen molar-refractivity contribution in [1.82, 2.24) is 4.57 Å². The lowest BCUT2D eigenvalue weighted by Gasteiger charge is -2.17. The van der Waals surface area contributed by atoms with Gasteiger partial charge in [-0.3, -0.25) is 19.5 Å². The van der Waals surface area contributed by atoms with Gasteiger partial charge in [0.15, 0.2) is 0 Å². The number of hydrogen-bond donors (Lipinski definition) is 0. The molecule has 1 atom stereocenters. The molecule has 1 unspecified atom stereocenters. The summed E-state index contributed by atoms with van der Waals surface area (Å²) in [6.45, 7) is 3.31. The molecule has 0 bridgehead atoms. The van der Waals surface area contributed by atoms with Crippen LogP contribution in [0.2, 0.25) is 0 Å². The second-order valence-corrected chi connectivity index (χ2v) is 3.74. The van der Waals surface area contributed by atoms with E-state index in [9.17, 15) is 19.7 Å². The van der Waals surface area contributed by atoms with Crippen LogP contribution in [-0.2, 0) is 9.53 Å². The molecule has 0 saturated carbocycles. The van der Waals surface area contributed by atoms with Crippen LogP contribution < -0.4 is 5.56 Å². The van der Waals surface area contributed by atoms with Gasteiger partial charge in [0, 0.05) is 11.8 Å². The topological polar surface area (TPSA) is 91.4 Å². The van der Waals surface area contributed by atoms with Crippen LogP contribution in [0.25, 0.3) is 0 Å². The van der Waals surface area contributed by atoms with Gasteiger partial charge in [-0.1, -0.05) is 6.92 Å². The monoisotopic (exact) mass is 254 g/mol. The summed E-state index contributed by atoms with van der Waals surface area (Å²) in [6.07, 6.45) is 0.314. The fraction of sp³-hybridized carbons (Fsp3) is 0.455. The van der Waals surface area contributed by atoms with Gasteiger partial charge >= 0.3 is 17.2 Å². The molecular weight excluding hydrogens is 240 g/mol. The van der Waals surface area contributed by atoms with Gasteiger partial charge in [0.25, 0.3) is 0 Å². The first-order chi connectivity index (χ1) is 8.43. The van der Waals surface area contributed by atoms with E-state index < -0.39 is 28.2 Å². The SMILES string of the molecule is CCC(C(=O)OC)n1c(C)ccc([N+](=O)[O-])c1=O. The summed E-state index contributed by atoms with van der Waals surface area (Å²) in [4.78, 5) is 33.5. The number of aromatic nitrogens is 1. The van der Waals surface area contributed by atoms with Crippen molar-refractivity contribution in [3.8, 4) is 0 Å². The Morgan fingerprint density at radius 1 is 1.56 bits per heavy atom. The number of pyridine rings is 1. The van der Waals surface area contributed by atoms with Gasteiger partial charge in [0.05, 0.1) is 12.0 Å². The molecule has 0 aliphatic carbocycles. The van der Waals surface area contributed by atoms with Crippen LogP contribution in [0.15, 0.2) is 16.9 Å². The molecule has 1 rings (SSSR count). The van der Waals surface area contributed by atoms with Crippen LogP contribution >= 0.6 is 0 Å². The zero-order valence-corrected chi connectivity index (χ0v) is 10.4. The fourth-order valence-electron chi connectivity index (χ4n) is 1.75. The molecule has 1 aromatic rings. The number of esters is 1. The van der Waals surface area contributed by atoms with Crippen molar-refractivity contribution in [1.29, 1.82) is 0 Å². The number of methoxy groups -OCH3 is 1. The van der Waals surface area contributed by atoms with Crippen LogP contribution in [0.4, 0.5) is 5.69 Å². The van der Waals surface area contributed by atoms with E-state index in [0.717, 1.165) is 10.6 Å². The van der Waals surface area contributed by atoms with Gasteiger partial charge in [-0.05, 0) is 19.4 Å². The molecule has 1 heterocycles. The lowest BCUT2D eigenvalue weighted by Crippen LogP contribution is -2.32. The van der Waals surface area contributed by atoms with E-state index in [-0.39, 0.29) is 0 Å². The maximum Gasteiger partial charge on any atom is 0.334 e. The van der Waals surface area contributed by atoms with Crippen molar-refractivity contribution in [3.05, 3.63) is 38.3 Å². The van der Waals surface area contributed by atoms with Crippen LogP contribution in [0.5, 0.6) is 0 Å². The number of carbonyl (C=O) groups is 1. The highest BCUT2D eigenvalue weighted by molar-refractivity contribution is 5.74. The molecule has 98 valence electrons. The molecule has 18 heavy (non-hydrogen) atoms. The van der Waals surface area contributed by atoms with Crippen LogP contribution in [0, 0.1) is 17.0 Å². The van der Waals surface area contributed by atoms with Crippen molar-refractivity contribution < 1.29 is 14.5 Å². The molecule has 1 aromatic heterocycles. The minimum absolute atomic E-state index is 0.314. The molecule has 0 spiro atoms. The average molecular weight is 254 g/mol. The molecule has 0 aliphatic rings. The number of rotatable bonds is 4. The number of ether oxygens (including phenoxy) is 1. The van der Waals surface area contributed by atoms with Crippen molar-refractivity contribution >= 4 is 11.7 Å². The number of nitrogens with zero attached hydrogens (tertiary/aromatic N) is 2. The second-order valence-electron chi connectivity index (χ2n) is 3.74. The zero-order valence-electron chi connectivity index (χ0n) is 10.4. The second kappa shape index (κ2) is 5.44. The Bertz CT molecular complexity index is 535. The van der Waals surface area contributed by atoms with E-state index in [1.54, 1.807) is 13.8 Å². The Morgan fingerprint density at radius 2 is 2.17 bits per heavy atom. The molecule has 0 saturated heterocycles. The molecule has 0 aliphatic heterocycles. The zero-order chi connectivity index (χ0) is 13.9. The molecule has 0 N–H and O–H groups in total. The standard InChI is InChI=1S/C11H14N2O5/c1-4-8(11(15)18-3)12-7(2)5-6-9(10(12)14)13(16)17/h5-6,8H,4H2,1-3H3. The fourth-order valence-corrected chi connectivity index (χ4v) is 1.75. The highest BCUT2D eigenvalue weighted by atomic mass is 16.6. The van der Waals surface area contributed by atoms with Crippen molar-refractivity contribution in [2.45, 2.75) is 26.3 Å². The summed E-state index contributed by atoms with van der Waals surface area (Å²) in [7, 11) is 1.21. The minimum atomic E-state index is -0.845. The average Bonchev–Trinajstić information content (AvgIpc) is 2.33. The largest absolute Gasteiger partial charge is 0.467 e. The first-order valence-corrected chi connectivity index (χ1v) is 5.38. The van der Waals surface area contributed by atoms with E-state index in [1.165, 1.54) is 13.2 Å². The van der Waals surface area contributed by atoms with Gasteiger partial charge in [-0.25, -0.2) is 4.79 Å². The maximum atomic E-state index is 12.0. The van der Waals surface area contributed by atoms with Crippen molar-refractivity contribution in [3.63, 3.8) is 0 Å². The van der Waals surface area contributed by atoms with Gasteiger partial charge in [0.1, 0.15) is 6.04 Å². The van der Waals surface area contributed by atoms with Crippen LogP contribution in [0.1, 0.15) is 25.1 Å². The Kier molecular flexibility index (Phi) is 4.19. The van der Waals surface area contributed by atoms with Crippen molar-refractivity contribution in [2.75, 3.05) is 7.11 Å². The quantitative estimate of drug-likeness (QED) is 0.457.